The van der Waals surface area contributed by atoms with Gasteiger partial charge in [-0.2, -0.15) is 0 Å². The zero-order valence-corrected chi connectivity index (χ0v) is 11.6. The summed E-state index contributed by atoms with van der Waals surface area (Å²) >= 11 is 0. The van der Waals surface area contributed by atoms with Gasteiger partial charge in [0.1, 0.15) is 0 Å². The Labute approximate surface area is 110 Å². The van der Waals surface area contributed by atoms with Crippen LogP contribution in [0, 0.1) is 5.92 Å². The Morgan fingerprint density at radius 1 is 1.56 bits per heavy atom. The molecule has 2 atom stereocenters. The summed E-state index contributed by atoms with van der Waals surface area (Å²) in [4.78, 5) is 14.0. The normalized spacial score (nSPS) is 22.5. The van der Waals surface area contributed by atoms with Crippen molar-refractivity contribution in [2.75, 3.05) is 33.3 Å². The van der Waals surface area contributed by atoms with Crippen molar-refractivity contribution in [2.45, 2.75) is 38.6 Å². The third-order valence-electron chi connectivity index (χ3n) is 3.45. The quantitative estimate of drug-likeness (QED) is 0.659. The zero-order valence-electron chi connectivity index (χ0n) is 11.6. The average molecular weight is 257 g/mol. The molecule has 18 heavy (non-hydrogen) atoms. The number of hydrogen-bond donors (Lipinski definition) is 3. The summed E-state index contributed by atoms with van der Waals surface area (Å²) in [6.07, 6.45) is 3.97. The second-order valence-corrected chi connectivity index (χ2v) is 5.39. The van der Waals surface area contributed by atoms with Crippen molar-refractivity contribution in [3.63, 3.8) is 0 Å². The number of nitrogens with zero attached hydrogens (tertiary/aromatic N) is 1. The van der Waals surface area contributed by atoms with Gasteiger partial charge in [0.05, 0.1) is 0 Å². The van der Waals surface area contributed by atoms with Crippen LogP contribution in [0.25, 0.3) is 0 Å². The van der Waals surface area contributed by atoms with Crippen LogP contribution in [-0.4, -0.2) is 55.4 Å². The minimum atomic E-state index is -0.0892. The molecule has 0 aliphatic carbocycles. The van der Waals surface area contributed by atoms with Gasteiger partial charge in [-0.25, -0.2) is 4.79 Å². The molecule has 0 aromatic rings. The van der Waals surface area contributed by atoms with E-state index in [4.69, 9.17) is 5.11 Å². The lowest BCUT2D eigenvalue weighted by atomic mass is 9.99. The molecule has 1 aliphatic heterocycles. The second kappa shape index (κ2) is 8.32. The average Bonchev–Trinajstić information content (AvgIpc) is 2.34. The smallest absolute Gasteiger partial charge is 0.315 e. The fourth-order valence-corrected chi connectivity index (χ4v) is 2.42. The van der Waals surface area contributed by atoms with Crippen LogP contribution in [0.4, 0.5) is 4.79 Å². The molecule has 1 rings (SSSR count). The summed E-state index contributed by atoms with van der Waals surface area (Å²) in [5.41, 5.74) is 0. The number of carbonyl (C=O) groups is 1. The molecule has 0 saturated carbocycles. The Bertz CT molecular complexity index is 248. The second-order valence-electron chi connectivity index (χ2n) is 5.39. The summed E-state index contributed by atoms with van der Waals surface area (Å²) in [5, 5.41) is 14.5. The highest BCUT2D eigenvalue weighted by Crippen LogP contribution is 2.13. The van der Waals surface area contributed by atoms with Gasteiger partial charge in [0.15, 0.2) is 0 Å². The number of carbonyl (C=O) groups excluding carboxylic acids is 1. The SMILES string of the molecule is CC(CCCO)NC(=O)NCC1CCCN(C)C1. The summed E-state index contributed by atoms with van der Waals surface area (Å²) < 4.78 is 0. The summed E-state index contributed by atoms with van der Waals surface area (Å²) in [5.74, 6) is 0.572. The molecule has 2 amide bonds. The van der Waals surface area contributed by atoms with Gasteiger partial charge in [-0.1, -0.05) is 0 Å². The van der Waals surface area contributed by atoms with Crippen molar-refractivity contribution < 1.29 is 9.90 Å². The molecule has 0 aromatic carbocycles. The predicted octanol–water partition coefficient (Wildman–Crippen LogP) is 0.788. The van der Waals surface area contributed by atoms with Crippen molar-refractivity contribution in [3.05, 3.63) is 0 Å². The van der Waals surface area contributed by atoms with Crippen LogP contribution in [0.15, 0.2) is 0 Å². The number of amides is 2. The highest BCUT2D eigenvalue weighted by atomic mass is 16.3. The predicted molar refractivity (Wildman–Crippen MR) is 72.5 cm³/mol. The van der Waals surface area contributed by atoms with Crippen LogP contribution in [0.2, 0.25) is 0 Å². The molecule has 106 valence electrons. The van der Waals surface area contributed by atoms with Crippen molar-refractivity contribution in [2.24, 2.45) is 5.92 Å². The molecule has 1 heterocycles. The van der Waals surface area contributed by atoms with Crippen molar-refractivity contribution in [3.8, 4) is 0 Å². The highest BCUT2D eigenvalue weighted by Gasteiger charge is 2.17. The standard InChI is InChI=1S/C13H27N3O2/c1-11(5-4-8-17)15-13(18)14-9-12-6-3-7-16(2)10-12/h11-12,17H,3-10H2,1-2H3,(H2,14,15,18). The first-order chi connectivity index (χ1) is 8.61. The van der Waals surface area contributed by atoms with Crippen LogP contribution >= 0.6 is 0 Å². The number of piperidine rings is 1. The number of urea groups is 1. The fourth-order valence-electron chi connectivity index (χ4n) is 2.42. The summed E-state index contributed by atoms with van der Waals surface area (Å²) in [6.45, 7) is 5.13. The lowest BCUT2D eigenvalue weighted by Crippen LogP contribution is -2.45. The maximum atomic E-state index is 11.6. The molecule has 5 heteroatoms. The maximum absolute atomic E-state index is 11.6. The zero-order chi connectivity index (χ0) is 13.4. The van der Waals surface area contributed by atoms with E-state index in [9.17, 15) is 4.79 Å². The molecule has 1 fully saturated rings. The Morgan fingerprint density at radius 3 is 3.00 bits per heavy atom. The Morgan fingerprint density at radius 2 is 2.33 bits per heavy atom. The Balaban J connectivity index is 2.12. The molecule has 1 saturated heterocycles. The van der Waals surface area contributed by atoms with E-state index < -0.39 is 0 Å². The first kappa shape index (κ1) is 15.2. The minimum absolute atomic E-state index is 0.0892. The Hall–Kier alpha value is -0.810. The van der Waals surface area contributed by atoms with Crippen molar-refractivity contribution in [1.82, 2.24) is 15.5 Å². The molecule has 2 unspecified atom stereocenters. The van der Waals surface area contributed by atoms with Crippen LogP contribution in [0.5, 0.6) is 0 Å². The number of likely N-dealkylation sites (tertiary alicyclic amines) is 1. The number of aliphatic hydroxyl groups is 1. The molecule has 0 bridgehead atoms. The number of aliphatic hydroxyl groups excluding tert-OH is 1. The van der Waals surface area contributed by atoms with E-state index in [1.165, 1.54) is 19.4 Å². The number of rotatable bonds is 6. The summed E-state index contributed by atoms with van der Waals surface area (Å²) in [6, 6.07) is 0.0276. The first-order valence-electron chi connectivity index (χ1n) is 6.95. The van der Waals surface area contributed by atoms with E-state index in [0.29, 0.717) is 5.92 Å². The molecule has 0 aromatic heterocycles. The van der Waals surface area contributed by atoms with Gasteiger partial charge in [0.2, 0.25) is 0 Å². The monoisotopic (exact) mass is 257 g/mol. The topological polar surface area (TPSA) is 64.6 Å². The molecule has 0 spiro atoms. The van der Waals surface area contributed by atoms with E-state index in [-0.39, 0.29) is 18.7 Å². The molecule has 5 nitrogen and oxygen atoms in total. The molecular weight excluding hydrogens is 230 g/mol. The lowest BCUT2D eigenvalue weighted by molar-refractivity contribution is 0.200. The molecule has 1 aliphatic rings. The number of hydrogen-bond acceptors (Lipinski definition) is 3. The third-order valence-corrected chi connectivity index (χ3v) is 3.45. The summed E-state index contributed by atoms with van der Waals surface area (Å²) in [7, 11) is 2.13. The van der Waals surface area contributed by atoms with Crippen LogP contribution in [0.3, 0.4) is 0 Å². The lowest BCUT2D eigenvalue weighted by Gasteiger charge is -2.29. The van der Waals surface area contributed by atoms with Gasteiger partial charge in [-0.15, -0.1) is 0 Å². The van der Waals surface area contributed by atoms with Gasteiger partial charge >= 0.3 is 6.03 Å². The van der Waals surface area contributed by atoms with E-state index in [0.717, 1.165) is 25.9 Å². The van der Waals surface area contributed by atoms with E-state index in [2.05, 4.69) is 22.6 Å². The molecule has 3 N–H and O–H groups in total. The van der Waals surface area contributed by atoms with E-state index in [1.807, 2.05) is 6.92 Å². The third kappa shape index (κ3) is 6.21. The number of nitrogens with one attached hydrogen (secondary N) is 2. The fraction of sp³-hybridized carbons (Fsp3) is 0.923. The highest BCUT2D eigenvalue weighted by molar-refractivity contribution is 5.74. The van der Waals surface area contributed by atoms with Gasteiger partial charge < -0.3 is 20.6 Å². The van der Waals surface area contributed by atoms with Crippen LogP contribution < -0.4 is 10.6 Å². The van der Waals surface area contributed by atoms with Gasteiger partial charge in [-0.3, -0.25) is 0 Å². The minimum Gasteiger partial charge on any atom is -0.396 e. The van der Waals surface area contributed by atoms with Gasteiger partial charge in [-0.05, 0) is 52.1 Å². The van der Waals surface area contributed by atoms with Crippen molar-refractivity contribution in [1.29, 1.82) is 0 Å². The van der Waals surface area contributed by atoms with Gasteiger partial charge in [0, 0.05) is 25.7 Å². The molecular formula is C13H27N3O2. The van der Waals surface area contributed by atoms with Crippen LogP contribution in [-0.2, 0) is 0 Å². The van der Waals surface area contributed by atoms with Crippen molar-refractivity contribution >= 4 is 6.03 Å². The Kier molecular flexibility index (Phi) is 7.05. The van der Waals surface area contributed by atoms with E-state index >= 15 is 0 Å². The molecule has 0 radical (unpaired) electrons. The van der Waals surface area contributed by atoms with E-state index in [1.54, 1.807) is 0 Å². The van der Waals surface area contributed by atoms with Gasteiger partial charge in [0.25, 0.3) is 0 Å². The first-order valence-corrected chi connectivity index (χ1v) is 6.95. The van der Waals surface area contributed by atoms with Crippen LogP contribution in [0.1, 0.15) is 32.6 Å². The largest absolute Gasteiger partial charge is 0.396 e. The maximum Gasteiger partial charge on any atom is 0.315 e.